The Morgan fingerprint density at radius 2 is 1.61 bits per heavy atom. The fraction of sp³-hybridized carbons (Fsp3) is 0.417. The fourth-order valence-corrected chi connectivity index (χ4v) is 8.72. The molecule has 3 aromatic carbocycles. The summed E-state index contributed by atoms with van der Waals surface area (Å²) in [4.78, 5) is 4.84. The van der Waals surface area contributed by atoms with Crippen LogP contribution in [0.25, 0.3) is 33.3 Å². The summed E-state index contributed by atoms with van der Waals surface area (Å²) < 4.78 is 11.2. The smallest absolute Gasteiger partial charge is 0.509 e. The first-order valence-electron chi connectivity index (χ1n) is 20.0. The minimum Gasteiger partial charge on any atom is -0.509 e. The summed E-state index contributed by atoms with van der Waals surface area (Å²) in [5.41, 5.74) is 10.8. The van der Waals surface area contributed by atoms with Gasteiger partial charge in [0.2, 0.25) is 0 Å². The van der Waals surface area contributed by atoms with Gasteiger partial charge in [-0.1, -0.05) is 110 Å². The van der Waals surface area contributed by atoms with Crippen LogP contribution in [0.4, 0.5) is 0 Å². The number of allylic oxidation sites excluding steroid dienone is 2. The molecule has 0 radical (unpaired) electrons. The third-order valence-electron chi connectivity index (χ3n) is 11.0. The maximum Gasteiger partial charge on any atom is 2.00 e. The number of rotatable bonds is 11. The van der Waals surface area contributed by atoms with Crippen molar-refractivity contribution >= 4 is 21.8 Å². The molecule has 0 aliphatic heterocycles. The maximum atomic E-state index is 6.79. The SMILES string of the molecule is CCCc1ccnc(-n2c3[c-]c(Oc4[c-]c(-n5nc(CCC)c(C6C(C)=C[C@H](C)C[C@@H]6C)c5CCC)cc(C(C)(C)C)c4)ccc3c3ccccc32)c1.[Pt+2]. The zero-order valence-corrected chi connectivity index (χ0v) is 35.9. The molecule has 7 rings (SSSR count). The molecule has 3 atom stereocenters. The fourth-order valence-electron chi connectivity index (χ4n) is 8.72. The van der Waals surface area contributed by atoms with Crippen molar-refractivity contribution in [2.24, 2.45) is 11.8 Å². The van der Waals surface area contributed by atoms with Crippen LogP contribution in [0.5, 0.6) is 11.5 Å². The Labute approximate surface area is 337 Å². The van der Waals surface area contributed by atoms with Gasteiger partial charge in [-0.05, 0) is 84.7 Å². The molecule has 6 aromatic rings. The van der Waals surface area contributed by atoms with Gasteiger partial charge in [0.05, 0.1) is 5.69 Å². The van der Waals surface area contributed by atoms with Gasteiger partial charge < -0.3 is 9.30 Å². The van der Waals surface area contributed by atoms with Gasteiger partial charge in [-0.15, -0.1) is 41.3 Å². The molecule has 0 saturated carbocycles. The van der Waals surface area contributed by atoms with Crippen molar-refractivity contribution in [1.29, 1.82) is 0 Å². The third-order valence-corrected chi connectivity index (χ3v) is 11.0. The Bertz CT molecular complexity index is 2290. The zero-order valence-electron chi connectivity index (χ0n) is 33.6. The van der Waals surface area contributed by atoms with Gasteiger partial charge in [0.15, 0.2) is 0 Å². The van der Waals surface area contributed by atoms with Gasteiger partial charge in [0.1, 0.15) is 5.82 Å². The van der Waals surface area contributed by atoms with Crippen LogP contribution >= 0.6 is 0 Å². The van der Waals surface area contributed by atoms with Crippen LogP contribution in [0.1, 0.15) is 122 Å². The number of aryl methyl sites for hydroxylation is 2. The molecule has 1 unspecified atom stereocenters. The van der Waals surface area contributed by atoms with Crippen LogP contribution in [-0.4, -0.2) is 19.3 Å². The Balaban J connectivity index is 0.00000497. The Kier molecular flexibility index (Phi) is 12.1. The van der Waals surface area contributed by atoms with Crippen molar-refractivity contribution in [3.63, 3.8) is 0 Å². The molecule has 3 heterocycles. The monoisotopic (exact) mass is 899 g/mol. The quantitative estimate of drug-likeness (QED) is 0.0961. The standard InChI is InChI=1S/C48H56N4O.Pt/c1-10-15-34-22-23-49-45(26-34)51-42-19-14-13-18-39(42)40-21-20-37(30-44(40)51)53-38-28-35(48(7,8)9)27-36(29-38)52-43(17-12-3)47(41(50-52)16-11-2)46-32(5)24-31(4)25-33(46)6;/h13-14,18-24,26-28,31,33,46H,10-12,15-17,25H2,1-9H3;/q-2;+2/t31-,33-,46?;/m0./s1. The van der Waals surface area contributed by atoms with E-state index in [1.54, 1.807) is 0 Å². The van der Waals surface area contributed by atoms with E-state index in [-0.39, 0.29) is 26.5 Å². The van der Waals surface area contributed by atoms with E-state index in [2.05, 4.69) is 144 Å². The predicted molar refractivity (Wildman–Crippen MR) is 220 cm³/mol. The van der Waals surface area contributed by atoms with E-state index in [9.17, 15) is 0 Å². The van der Waals surface area contributed by atoms with Crippen LogP contribution in [0.2, 0.25) is 0 Å². The van der Waals surface area contributed by atoms with Gasteiger partial charge in [0, 0.05) is 40.4 Å². The van der Waals surface area contributed by atoms with Gasteiger partial charge >= 0.3 is 21.1 Å². The van der Waals surface area contributed by atoms with Crippen molar-refractivity contribution < 1.29 is 25.8 Å². The zero-order chi connectivity index (χ0) is 37.4. The number of aromatic nitrogens is 4. The largest absolute Gasteiger partial charge is 2.00 e. The second-order valence-corrected chi connectivity index (χ2v) is 16.5. The van der Waals surface area contributed by atoms with Crippen molar-refractivity contribution in [3.8, 4) is 23.0 Å². The molecule has 0 N–H and O–H groups in total. The molecule has 1 aliphatic rings. The van der Waals surface area contributed by atoms with Crippen LogP contribution in [0, 0.1) is 24.0 Å². The van der Waals surface area contributed by atoms with E-state index in [4.69, 9.17) is 14.8 Å². The average molecular weight is 900 g/mol. The third kappa shape index (κ3) is 7.76. The van der Waals surface area contributed by atoms with E-state index in [0.717, 1.165) is 66.4 Å². The first kappa shape index (κ1) is 39.7. The van der Waals surface area contributed by atoms with Crippen molar-refractivity contribution in [3.05, 3.63) is 119 Å². The molecule has 0 spiro atoms. The number of nitrogens with zero attached hydrogens (tertiary/aromatic N) is 4. The normalized spacial score (nSPS) is 17.5. The molecular formula is C48H56N4OPt. The number of benzene rings is 3. The molecule has 3 aromatic heterocycles. The van der Waals surface area contributed by atoms with Crippen molar-refractivity contribution in [1.82, 2.24) is 19.3 Å². The van der Waals surface area contributed by atoms with Gasteiger partial charge in [-0.25, -0.2) is 4.98 Å². The first-order chi connectivity index (χ1) is 25.5. The van der Waals surface area contributed by atoms with Crippen molar-refractivity contribution in [2.75, 3.05) is 0 Å². The number of ether oxygens (including phenoxy) is 1. The van der Waals surface area contributed by atoms with Crippen LogP contribution in [-0.2, 0) is 45.7 Å². The summed E-state index contributed by atoms with van der Waals surface area (Å²) in [6, 6.07) is 28.8. The van der Waals surface area contributed by atoms with E-state index in [1.807, 2.05) is 12.3 Å². The molecule has 0 bridgehead atoms. The van der Waals surface area contributed by atoms with Crippen LogP contribution in [0.3, 0.4) is 0 Å². The second-order valence-electron chi connectivity index (χ2n) is 16.5. The molecular weight excluding hydrogens is 844 g/mol. The minimum absolute atomic E-state index is 0. The van der Waals surface area contributed by atoms with Crippen molar-refractivity contribution in [2.45, 2.75) is 119 Å². The molecule has 54 heavy (non-hydrogen) atoms. The Morgan fingerprint density at radius 1 is 0.852 bits per heavy atom. The maximum absolute atomic E-state index is 6.79. The molecule has 5 nitrogen and oxygen atoms in total. The molecule has 0 amide bonds. The van der Waals surface area contributed by atoms with E-state index >= 15 is 0 Å². The number of pyridine rings is 1. The van der Waals surface area contributed by atoms with Crippen LogP contribution < -0.4 is 4.74 Å². The summed E-state index contributed by atoms with van der Waals surface area (Å²) in [7, 11) is 0. The molecule has 284 valence electrons. The van der Waals surface area contributed by atoms with Gasteiger partial charge in [-0.2, -0.15) is 11.2 Å². The summed E-state index contributed by atoms with van der Waals surface area (Å²) in [6.45, 7) is 20.7. The van der Waals surface area contributed by atoms with Crippen LogP contribution in [0.15, 0.2) is 78.5 Å². The summed E-state index contributed by atoms with van der Waals surface area (Å²) in [5, 5.41) is 7.73. The van der Waals surface area contributed by atoms with Gasteiger partial charge in [-0.3, -0.25) is 4.68 Å². The van der Waals surface area contributed by atoms with E-state index in [0.29, 0.717) is 29.3 Å². The summed E-state index contributed by atoms with van der Waals surface area (Å²) >= 11 is 0. The Hall–Kier alpha value is -3.95. The number of hydrogen-bond donors (Lipinski definition) is 0. The number of hydrogen-bond acceptors (Lipinski definition) is 3. The summed E-state index contributed by atoms with van der Waals surface area (Å²) in [6.07, 6.45) is 11.8. The number of fused-ring (bicyclic) bond motifs is 3. The summed E-state index contributed by atoms with van der Waals surface area (Å²) in [5.74, 6) is 3.76. The van der Waals surface area contributed by atoms with Gasteiger partial charge in [0.25, 0.3) is 0 Å². The molecule has 0 fully saturated rings. The first-order valence-corrected chi connectivity index (χ1v) is 20.0. The topological polar surface area (TPSA) is 44.9 Å². The number of para-hydroxylation sites is 1. The minimum atomic E-state index is -0.113. The molecule has 6 heteroatoms. The molecule has 0 saturated heterocycles. The Morgan fingerprint density at radius 3 is 2.33 bits per heavy atom. The van der Waals surface area contributed by atoms with E-state index in [1.165, 1.54) is 45.5 Å². The second kappa shape index (κ2) is 16.4. The van der Waals surface area contributed by atoms with E-state index < -0.39 is 0 Å². The predicted octanol–water partition coefficient (Wildman–Crippen LogP) is 12.6. The molecule has 1 aliphatic carbocycles. The average Bonchev–Trinajstić information content (AvgIpc) is 3.63.